The van der Waals surface area contributed by atoms with Gasteiger partial charge in [0.1, 0.15) is 11.2 Å². The molecule has 0 aliphatic heterocycles. The molecule has 0 radical (unpaired) electrons. The van der Waals surface area contributed by atoms with Crippen LogP contribution in [0.5, 0.6) is 0 Å². The van der Waals surface area contributed by atoms with Crippen LogP contribution in [-0.4, -0.2) is 18.4 Å². The molecule has 2 N–H and O–H groups in total. The second-order valence-corrected chi connectivity index (χ2v) is 6.62. The molecule has 25 heavy (non-hydrogen) atoms. The summed E-state index contributed by atoms with van der Waals surface area (Å²) in [7, 11) is 0. The monoisotopic (exact) mass is 360 g/mol. The van der Waals surface area contributed by atoms with E-state index in [1.165, 1.54) is 12.1 Å². The van der Waals surface area contributed by atoms with Gasteiger partial charge < -0.3 is 10.6 Å². The van der Waals surface area contributed by atoms with Crippen molar-refractivity contribution in [3.05, 3.63) is 64.9 Å². The second kappa shape index (κ2) is 7.23. The molecule has 0 heterocycles. The third-order valence-corrected chi connectivity index (χ3v) is 4.55. The third kappa shape index (κ3) is 4.17. The van der Waals surface area contributed by atoms with Crippen LogP contribution in [-0.2, 0) is 16.0 Å². The summed E-state index contributed by atoms with van der Waals surface area (Å²) in [5.41, 5.74) is 0.503. The van der Waals surface area contributed by atoms with E-state index in [0.29, 0.717) is 36.5 Å². The third-order valence-electron chi connectivity index (χ3n) is 4.31. The van der Waals surface area contributed by atoms with Crippen LogP contribution in [0.15, 0.2) is 48.5 Å². The van der Waals surface area contributed by atoms with Gasteiger partial charge in [-0.25, -0.2) is 4.39 Å². The maximum absolute atomic E-state index is 12.9. The van der Waals surface area contributed by atoms with Gasteiger partial charge in [0.05, 0.1) is 0 Å². The standard InChI is InChI=1S/C19H18ClFN2O2/c20-14-2-1-3-16(12-14)23-18(25)19(9-10-19)17(24)22-11-8-13-4-6-15(21)7-5-13/h1-7,12H,8-11H2,(H,22,24)(H,23,25). The van der Waals surface area contributed by atoms with Gasteiger partial charge in [-0.3, -0.25) is 9.59 Å². The number of carbonyl (C=O) groups excluding carboxylic acids is 2. The first-order chi connectivity index (χ1) is 12.0. The smallest absolute Gasteiger partial charge is 0.240 e. The summed E-state index contributed by atoms with van der Waals surface area (Å²) in [6.45, 7) is 0.399. The second-order valence-electron chi connectivity index (χ2n) is 6.18. The number of hydrogen-bond donors (Lipinski definition) is 2. The van der Waals surface area contributed by atoms with Crippen molar-refractivity contribution in [2.45, 2.75) is 19.3 Å². The molecule has 1 saturated carbocycles. The zero-order chi connectivity index (χ0) is 17.9. The fourth-order valence-corrected chi connectivity index (χ4v) is 2.83. The number of nitrogens with one attached hydrogen (secondary N) is 2. The molecule has 0 atom stereocenters. The van der Waals surface area contributed by atoms with E-state index in [1.807, 2.05) is 0 Å². The van der Waals surface area contributed by atoms with E-state index in [1.54, 1.807) is 36.4 Å². The van der Waals surface area contributed by atoms with E-state index in [-0.39, 0.29) is 17.6 Å². The number of anilines is 1. The lowest BCUT2D eigenvalue weighted by Gasteiger charge is -2.15. The highest BCUT2D eigenvalue weighted by atomic mass is 35.5. The molecule has 2 aromatic carbocycles. The molecule has 0 bridgehead atoms. The van der Waals surface area contributed by atoms with Crippen LogP contribution in [0.25, 0.3) is 0 Å². The van der Waals surface area contributed by atoms with Gasteiger partial charge in [-0.1, -0.05) is 29.8 Å². The van der Waals surface area contributed by atoms with Gasteiger partial charge in [-0.15, -0.1) is 0 Å². The van der Waals surface area contributed by atoms with Crippen LogP contribution in [0.3, 0.4) is 0 Å². The Kier molecular flexibility index (Phi) is 5.04. The van der Waals surface area contributed by atoms with Crippen LogP contribution >= 0.6 is 11.6 Å². The van der Waals surface area contributed by atoms with E-state index in [9.17, 15) is 14.0 Å². The summed E-state index contributed by atoms with van der Waals surface area (Å²) in [5, 5.41) is 6.08. The Bertz CT molecular complexity index is 788. The zero-order valence-electron chi connectivity index (χ0n) is 13.5. The highest BCUT2D eigenvalue weighted by Gasteiger charge is 2.56. The van der Waals surface area contributed by atoms with Crippen molar-refractivity contribution in [2.75, 3.05) is 11.9 Å². The van der Waals surface area contributed by atoms with Crippen LogP contribution in [0.4, 0.5) is 10.1 Å². The summed E-state index contributed by atoms with van der Waals surface area (Å²) < 4.78 is 12.9. The Balaban J connectivity index is 1.53. The molecule has 1 aliphatic carbocycles. The first kappa shape index (κ1) is 17.4. The quantitative estimate of drug-likeness (QED) is 0.774. The summed E-state index contributed by atoms with van der Waals surface area (Å²) in [6.07, 6.45) is 1.64. The summed E-state index contributed by atoms with van der Waals surface area (Å²) in [6, 6.07) is 13.0. The molecule has 6 heteroatoms. The van der Waals surface area contributed by atoms with Crippen molar-refractivity contribution < 1.29 is 14.0 Å². The molecule has 0 unspecified atom stereocenters. The normalized spacial score (nSPS) is 14.6. The first-order valence-electron chi connectivity index (χ1n) is 8.09. The molecule has 2 amide bonds. The predicted molar refractivity (Wildman–Crippen MR) is 94.9 cm³/mol. The number of carbonyl (C=O) groups is 2. The van der Waals surface area contributed by atoms with Crippen LogP contribution < -0.4 is 10.6 Å². The number of rotatable bonds is 6. The van der Waals surface area contributed by atoms with Gasteiger partial charge >= 0.3 is 0 Å². The molecular formula is C19H18ClFN2O2. The van der Waals surface area contributed by atoms with Gasteiger partial charge in [-0.2, -0.15) is 0 Å². The van der Waals surface area contributed by atoms with Crippen molar-refractivity contribution in [1.82, 2.24) is 5.32 Å². The molecule has 0 saturated heterocycles. The van der Waals surface area contributed by atoms with Crippen LogP contribution in [0, 0.1) is 11.2 Å². The Morgan fingerprint density at radius 3 is 2.44 bits per heavy atom. The van der Waals surface area contributed by atoms with E-state index < -0.39 is 5.41 Å². The van der Waals surface area contributed by atoms with Gasteiger partial charge in [0, 0.05) is 17.3 Å². The van der Waals surface area contributed by atoms with E-state index in [0.717, 1.165) is 5.56 Å². The maximum atomic E-state index is 12.9. The average Bonchev–Trinajstić information content (AvgIpc) is 3.38. The molecule has 3 rings (SSSR count). The minimum Gasteiger partial charge on any atom is -0.355 e. The highest BCUT2D eigenvalue weighted by molar-refractivity contribution is 6.31. The molecule has 4 nitrogen and oxygen atoms in total. The largest absolute Gasteiger partial charge is 0.355 e. The van der Waals surface area contributed by atoms with E-state index in [2.05, 4.69) is 10.6 Å². The molecule has 0 spiro atoms. The van der Waals surface area contributed by atoms with E-state index >= 15 is 0 Å². The summed E-state index contributed by atoms with van der Waals surface area (Å²) in [5.74, 6) is -0.870. The summed E-state index contributed by atoms with van der Waals surface area (Å²) in [4.78, 5) is 24.9. The van der Waals surface area contributed by atoms with Gasteiger partial charge in [0.2, 0.25) is 11.8 Å². The molecule has 2 aromatic rings. The van der Waals surface area contributed by atoms with Crippen LogP contribution in [0.2, 0.25) is 5.02 Å². The molecule has 1 fully saturated rings. The van der Waals surface area contributed by atoms with Crippen molar-refractivity contribution in [1.29, 1.82) is 0 Å². The average molecular weight is 361 g/mol. The lowest BCUT2D eigenvalue weighted by molar-refractivity contribution is -0.134. The fourth-order valence-electron chi connectivity index (χ4n) is 2.64. The van der Waals surface area contributed by atoms with E-state index in [4.69, 9.17) is 11.6 Å². The Morgan fingerprint density at radius 2 is 1.80 bits per heavy atom. The molecule has 1 aliphatic rings. The number of halogens is 2. The lowest BCUT2D eigenvalue weighted by Crippen LogP contribution is -2.40. The van der Waals surface area contributed by atoms with Gasteiger partial charge in [0.15, 0.2) is 0 Å². The number of hydrogen-bond acceptors (Lipinski definition) is 2. The molecule has 130 valence electrons. The highest BCUT2D eigenvalue weighted by Crippen LogP contribution is 2.46. The molecule has 0 aromatic heterocycles. The van der Waals surface area contributed by atoms with Gasteiger partial charge in [-0.05, 0) is 55.2 Å². The van der Waals surface area contributed by atoms with Gasteiger partial charge in [0.25, 0.3) is 0 Å². The lowest BCUT2D eigenvalue weighted by atomic mass is 10.0. The van der Waals surface area contributed by atoms with Crippen molar-refractivity contribution >= 4 is 29.1 Å². The minimum atomic E-state index is -0.995. The number of amides is 2. The topological polar surface area (TPSA) is 58.2 Å². The van der Waals surface area contributed by atoms with Crippen molar-refractivity contribution in [2.24, 2.45) is 5.41 Å². The Labute approximate surface area is 150 Å². The zero-order valence-corrected chi connectivity index (χ0v) is 14.3. The molecular weight excluding hydrogens is 343 g/mol. The maximum Gasteiger partial charge on any atom is 0.240 e. The number of benzene rings is 2. The fraction of sp³-hybridized carbons (Fsp3) is 0.263. The van der Waals surface area contributed by atoms with Crippen molar-refractivity contribution in [3.63, 3.8) is 0 Å². The van der Waals surface area contributed by atoms with Crippen LogP contribution in [0.1, 0.15) is 18.4 Å². The Hall–Kier alpha value is -2.40. The van der Waals surface area contributed by atoms with Crippen molar-refractivity contribution in [3.8, 4) is 0 Å². The SMILES string of the molecule is O=C(NCCc1ccc(F)cc1)C1(C(=O)Nc2cccc(Cl)c2)CC1. The predicted octanol–water partition coefficient (Wildman–Crippen LogP) is 3.56. The first-order valence-corrected chi connectivity index (χ1v) is 8.47. The summed E-state index contributed by atoms with van der Waals surface area (Å²) >= 11 is 5.90. The minimum absolute atomic E-state index is 0.269. The Morgan fingerprint density at radius 1 is 1.08 bits per heavy atom.